The van der Waals surface area contributed by atoms with Crippen LogP contribution in [0.2, 0.25) is 0 Å². The Hall–Kier alpha value is -0.300. The van der Waals surface area contributed by atoms with E-state index in [0.717, 1.165) is 50.9 Å². The number of carbonyl (C=O) groups excluding carboxylic acids is 1. The summed E-state index contributed by atoms with van der Waals surface area (Å²) in [5, 5.41) is 6.93. The first kappa shape index (κ1) is 17.1. The highest BCUT2D eigenvalue weighted by atomic mass is 32.2. The molecule has 1 amide bonds. The smallest absolute Gasteiger partial charge is 0.237 e. The topological polar surface area (TPSA) is 53.6 Å². The van der Waals surface area contributed by atoms with Gasteiger partial charge in [0.2, 0.25) is 5.91 Å². The van der Waals surface area contributed by atoms with E-state index in [1.165, 1.54) is 37.9 Å². The molecule has 4 rings (SSSR count). The molecule has 4 unspecified atom stereocenters. The predicted molar refractivity (Wildman–Crippen MR) is 97.4 cm³/mol. The van der Waals surface area contributed by atoms with Gasteiger partial charge in [0.1, 0.15) is 0 Å². The molecule has 5 nitrogen and oxygen atoms in total. The third kappa shape index (κ3) is 3.48. The minimum absolute atomic E-state index is 0.0360. The first-order valence-electron chi connectivity index (χ1n) is 9.71. The van der Waals surface area contributed by atoms with Crippen LogP contribution in [0.25, 0.3) is 0 Å². The van der Waals surface area contributed by atoms with Crippen LogP contribution in [0, 0.1) is 5.92 Å². The van der Waals surface area contributed by atoms with E-state index < -0.39 is 0 Å². The van der Waals surface area contributed by atoms with Crippen molar-refractivity contribution < 1.29 is 9.53 Å². The maximum atomic E-state index is 12.7. The fourth-order valence-electron chi connectivity index (χ4n) is 5.03. The van der Waals surface area contributed by atoms with Crippen LogP contribution in [0.5, 0.6) is 0 Å². The number of hydrogen-bond acceptors (Lipinski definition) is 5. The van der Waals surface area contributed by atoms with Gasteiger partial charge < -0.3 is 15.4 Å². The maximum absolute atomic E-state index is 12.7. The average Bonchev–Trinajstić information content (AvgIpc) is 3.28. The second kappa shape index (κ2) is 7.52. The minimum atomic E-state index is 0.0360. The number of carbonyl (C=O) groups is 1. The number of thioether (sulfide) groups is 1. The first-order chi connectivity index (χ1) is 11.8. The Bertz CT molecular complexity index is 436. The molecule has 4 aliphatic rings. The molecule has 3 saturated heterocycles. The van der Waals surface area contributed by atoms with Crippen LogP contribution >= 0.6 is 11.8 Å². The summed E-state index contributed by atoms with van der Waals surface area (Å²) in [5.41, 5.74) is 0.148. The van der Waals surface area contributed by atoms with E-state index in [0.29, 0.717) is 6.04 Å². The molecule has 3 heterocycles. The number of rotatable bonds is 4. The van der Waals surface area contributed by atoms with Crippen molar-refractivity contribution in [1.29, 1.82) is 0 Å². The molecule has 0 aromatic carbocycles. The fraction of sp³-hybridized carbons (Fsp3) is 0.944. The Morgan fingerprint density at radius 3 is 2.88 bits per heavy atom. The van der Waals surface area contributed by atoms with Crippen molar-refractivity contribution in [3.63, 3.8) is 0 Å². The van der Waals surface area contributed by atoms with Gasteiger partial charge in [0.25, 0.3) is 0 Å². The molecular formula is C18H31N3O2S. The number of morpholine rings is 1. The van der Waals surface area contributed by atoms with E-state index in [4.69, 9.17) is 4.74 Å². The van der Waals surface area contributed by atoms with Crippen LogP contribution in [0.1, 0.15) is 38.5 Å². The molecule has 0 aromatic rings. The van der Waals surface area contributed by atoms with E-state index in [2.05, 4.69) is 15.5 Å². The first-order valence-corrected chi connectivity index (χ1v) is 10.9. The summed E-state index contributed by atoms with van der Waals surface area (Å²) < 4.78 is 5.52. The molecule has 1 saturated carbocycles. The Labute approximate surface area is 149 Å². The zero-order valence-electron chi connectivity index (χ0n) is 14.6. The Kier molecular flexibility index (Phi) is 5.37. The Balaban J connectivity index is 1.33. The number of hydrogen-bond donors (Lipinski definition) is 2. The van der Waals surface area contributed by atoms with Gasteiger partial charge in [-0.05, 0) is 37.4 Å². The quantitative estimate of drug-likeness (QED) is 0.796. The van der Waals surface area contributed by atoms with Gasteiger partial charge in [-0.25, -0.2) is 0 Å². The number of amides is 1. The van der Waals surface area contributed by atoms with Crippen molar-refractivity contribution in [3.8, 4) is 0 Å². The van der Waals surface area contributed by atoms with Crippen molar-refractivity contribution in [2.75, 3.05) is 44.4 Å². The standard InChI is InChI=1S/C18H31N3O2S/c22-17(16-11-14-3-1-2-4-15(14)20-16)19-12-18(5-10-24-13-18)21-6-8-23-9-7-21/h14-16,20H,1-13H2,(H,19,22). The van der Waals surface area contributed by atoms with Crippen molar-refractivity contribution >= 4 is 17.7 Å². The molecule has 3 aliphatic heterocycles. The van der Waals surface area contributed by atoms with Crippen LogP contribution in [0.3, 0.4) is 0 Å². The second-order valence-corrected chi connectivity index (χ2v) is 9.06. The minimum Gasteiger partial charge on any atom is -0.379 e. The van der Waals surface area contributed by atoms with Crippen molar-refractivity contribution in [2.45, 2.75) is 56.1 Å². The lowest BCUT2D eigenvalue weighted by atomic mass is 9.85. The van der Waals surface area contributed by atoms with Crippen LogP contribution in [-0.4, -0.2) is 72.8 Å². The highest BCUT2D eigenvalue weighted by Gasteiger charge is 2.42. The Morgan fingerprint density at radius 1 is 1.29 bits per heavy atom. The monoisotopic (exact) mass is 353 g/mol. The molecule has 4 fully saturated rings. The van der Waals surface area contributed by atoms with Crippen molar-refractivity contribution in [1.82, 2.24) is 15.5 Å². The molecule has 4 atom stereocenters. The van der Waals surface area contributed by atoms with E-state index in [9.17, 15) is 4.79 Å². The molecule has 1 aliphatic carbocycles. The summed E-state index contributed by atoms with van der Waals surface area (Å²) in [7, 11) is 0. The largest absolute Gasteiger partial charge is 0.379 e. The molecule has 24 heavy (non-hydrogen) atoms. The van der Waals surface area contributed by atoms with Gasteiger partial charge in [-0.2, -0.15) is 11.8 Å². The SMILES string of the molecule is O=C(NCC1(N2CCOCC2)CCSC1)C1CC2CCCCC2N1. The van der Waals surface area contributed by atoms with Crippen LogP contribution in [-0.2, 0) is 9.53 Å². The molecule has 0 aromatic heterocycles. The van der Waals surface area contributed by atoms with E-state index in [1.54, 1.807) is 0 Å². The van der Waals surface area contributed by atoms with Gasteiger partial charge in [-0.3, -0.25) is 9.69 Å². The molecule has 136 valence electrons. The van der Waals surface area contributed by atoms with Gasteiger partial charge in [0.05, 0.1) is 19.3 Å². The summed E-state index contributed by atoms with van der Waals surface area (Å²) in [5.74, 6) is 3.30. The lowest BCUT2D eigenvalue weighted by Crippen LogP contribution is -2.60. The molecule has 0 radical (unpaired) electrons. The van der Waals surface area contributed by atoms with Gasteiger partial charge >= 0.3 is 0 Å². The molecule has 0 spiro atoms. The summed E-state index contributed by atoms with van der Waals surface area (Å²) in [6, 6.07) is 0.624. The second-order valence-electron chi connectivity index (χ2n) is 7.95. The third-order valence-corrected chi connectivity index (χ3v) is 7.77. The fourth-order valence-corrected chi connectivity index (χ4v) is 6.51. The highest BCUT2D eigenvalue weighted by molar-refractivity contribution is 7.99. The van der Waals surface area contributed by atoms with Gasteiger partial charge in [-0.1, -0.05) is 12.8 Å². The summed E-state index contributed by atoms with van der Waals surface area (Å²) in [6.45, 7) is 4.46. The average molecular weight is 354 g/mol. The lowest BCUT2D eigenvalue weighted by molar-refractivity contribution is -0.123. The van der Waals surface area contributed by atoms with Crippen LogP contribution in [0.15, 0.2) is 0 Å². The summed E-state index contributed by atoms with van der Waals surface area (Å²) in [4.78, 5) is 15.3. The normalized spacial score (nSPS) is 40.4. The highest BCUT2D eigenvalue weighted by Crippen LogP contribution is 2.35. The lowest BCUT2D eigenvalue weighted by Gasteiger charge is -2.43. The molecule has 0 bridgehead atoms. The van der Waals surface area contributed by atoms with Crippen LogP contribution < -0.4 is 10.6 Å². The van der Waals surface area contributed by atoms with E-state index in [1.807, 2.05) is 11.8 Å². The predicted octanol–water partition coefficient (Wildman–Crippen LogP) is 1.23. The van der Waals surface area contributed by atoms with Crippen LogP contribution in [0.4, 0.5) is 0 Å². The number of nitrogens with zero attached hydrogens (tertiary/aromatic N) is 1. The number of ether oxygens (including phenoxy) is 1. The third-order valence-electron chi connectivity index (χ3n) is 6.54. The molecule has 6 heteroatoms. The van der Waals surface area contributed by atoms with Gasteiger partial charge in [0, 0.05) is 37.0 Å². The van der Waals surface area contributed by atoms with Crippen molar-refractivity contribution in [2.24, 2.45) is 5.92 Å². The molecular weight excluding hydrogens is 322 g/mol. The maximum Gasteiger partial charge on any atom is 0.237 e. The molecule has 2 N–H and O–H groups in total. The zero-order chi connectivity index (χ0) is 16.4. The summed E-state index contributed by atoms with van der Waals surface area (Å²) >= 11 is 2.03. The number of fused-ring (bicyclic) bond motifs is 1. The van der Waals surface area contributed by atoms with Crippen molar-refractivity contribution in [3.05, 3.63) is 0 Å². The van der Waals surface area contributed by atoms with E-state index >= 15 is 0 Å². The van der Waals surface area contributed by atoms with Gasteiger partial charge in [-0.15, -0.1) is 0 Å². The zero-order valence-corrected chi connectivity index (χ0v) is 15.4. The number of nitrogens with one attached hydrogen (secondary N) is 2. The summed E-state index contributed by atoms with van der Waals surface area (Å²) in [6.07, 6.45) is 7.43. The van der Waals surface area contributed by atoms with Gasteiger partial charge in [0.15, 0.2) is 0 Å². The van der Waals surface area contributed by atoms with E-state index in [-0.39, 0.29) is 17.5 Å². The Morgan fingerprint density at radius 2 is 2.12 bits per heavy atom.